The number of esters is 1. The van der Waals surface area contributed by atoms with Crippen molar-refractivity contribution in [3.05, 3.63) is 64.8 Å². The van der Waals surface area contributed by atoms with Gasteiger partial charge >= 0.3 is 5.97 Å². The van der Waals surface area contributed by atoms with E-state index in [1.807, 2.05) is 6.07 Å². The number of aromatic nitrogens is 1. The average Bonchev–Trinajstić information content (AvgIpc) is 2.61. The lowest BCUT2D eigenvalue weighted by Crippen LogP contribution is -2.11. The standard InChI is InChI=1S/C18H15ClN2O3/c1-3-24-18(23)13-9-14(16(22)11(2)10-20)17(19)21-15(13)12-7-5-4-6-8-12/h4-9,16,22H,2-3H2,1H3. The number of carbonyl (C=O) groups excluding carboxylic acids is 1. The number of hydrogen-bond acceptors (Lipinski definition) is 5. The van der Waals surface area contributed by atoms with E-state index in [9.17, 15) is 9.90 Å². The van der Waals surface area contributed by atoms with Gasteiger partial charge in [-0.15, -0.1) is 0 Å². The van der Waals surface area contributed by atoms with Crippen LogP contribution in [0.2, 0.25) is 5.15 Å². The Labute approximate surface area is 144 Å². The van der Waals surface area contributed by atoms with Gasteiger partial charge in [-0.05, 0) is 13.0 Å². The predicted molar refractivity (Wildman–Crippen MR) is 90.4 cm³/mol. The van der Waals surface area contributed by atoms with E-state index in [1.54, 1.807) is 37.3 Å². The van der Waals surface area contributed by atoms with Gasteiger partial charge in [0, 0.05) is 11.1 Å². The van der Waals surface area contributed by atoms with E-state index in [-0.39, 0.29) is 28.5 Å². The summed E-state index contributed by atoms with van der Waals surface area (Å²) in [4.78, 5) is 16.5. The summed E-state index contributed by atoms with van der Waals surface area (Å²) in [7, 11) is 0. The van der Waals surface area contributed by atoms with Crippen LogP contribution in [0.15, 0.2) is 48.6 Å². The summed E-state index contributed by atoms with van der Waals surface area (Å²) in [5.74, 6) is -0.587. The summed E-state index contributed by atoms with van der Waals surface area (Å²) >= 11 is 6.16. The zero-order valence-corrected chi connectivity index (χ0v) is 13.7. The van der Waals surface area contributed by atoms with Gasteiger partial charge in [0.25, 0.3) is 0 Å². The van der Waals surface area contributed by atoms with Gasteiger partial charge in [-0.25, -0.2) is 9.78 Å². The molecule has 1 atom stereocenters. The molecule has 0 aliphatic carbocycles. The van der Waals surface area contributed by atoms with Gasteiger partial charge in [0.15, 0.2) is 0 Å². The van der Waals surface area contributed by atoms with Crippen LogP contribution in [-0.4, -0.2) is 22.7 Å². The minimum Gasteiger partial charge on any atom is -0.462 e. The molecule has 0 saturated carbocycles. The van der Waals surface area contributed by atoms with Crippen molar-refractivity contribution in [2.75, 3.05) is 6.61 Å². The largest absolute Gasteiger partial charge is 0.462 e. The number of aliphatic hydroxyl groups is 1. The van der Waals surface area contributed by atoms with Gasteiger partial charge < -0.3 is 9.84 Å². The number of halogens is 1. The Balaban J connectivity index is 2.64. The summed E-state index contributed by atoms with van der Waals surface area (Å²) in [6.07, 6.45) is -1.34. The number of hydrogen-bond donors (Lipinski definition) is 1. The third kappa shape index (κ3) is 3.62. The third-order valence-corrected chi connectivity index (χ3v) is 3.62. The summed E-state index contributed by atoms with van der Waals surface area (Å²) in [5, 5.41) is 19.0. The van der Waals surface area contributed by atoms with Gasteiger partial charge in [0.05, 0.1) is 29.5 Å². The van der Waals surface area contributed by atoms with E-state index in [1.165, 1.54) is 6.07 Å². The molecule has 0 spiro atoms. The van der Waals surface area contributed by atoms with Gasteiger partial charge in [-0.1, -0.05) is 48.5 Å². The average molecular weight is 343 g/mol. The van der Waals surface area contributed by atoms with E-state index in [0.717, 1.165) is 0 Å². The molecule has 1 heterocycles. The third-order valence-electron chi connectivity index (χ3n) is 3.31. The van der Waals surface area contributed by atoms with Crippen LogP contribution in [0.1, 0.15) is 28.9 Å². The predicted octanol–water partition coefficient (Wildman–Crippen LogP) is 3.69. The molecule has 0 radical (unpaired) electrons. The van der Waals surface area contributed by atoms with Crippen LogP contribution in [0.5, 0.6) is 0 Å². The van der Waals surface area contributed by atoms with Gasteiger partial charge in [0.2, 0.25) is 0 Å². The molecule has 1 aromatic heterocycles. The smallest absolute Gasteiger partial charge is 0.340 e. The van der Waals surface area contributed by atoms with Crippen molar-refractivity contribution in [2.24, 2.45) is 0 Å². The maximum atomic E-state index is 12.3. The Hall–Kier alpha value is -2.68. The SMILES string of the molecule is C=C(C#N)C(O)c1cc(C(=O)OCC)c(-c2ccccc2)nc1Cl. The fourth-order valence-electron chi connectivity index (χ4n) is 2.13. The van der Waals surface area contributed by atoms with Crippen LogP contribution < -0.4 is 0 Å². The lowest BCUT2D eigenvalue weighted by atomic mass is 9.99. The highest BCUT2D eigenvalue weighted by Gasteiger charge is 2.23. The maximum Gasteiger partial charge on any atom is 0.340 e. The van der Waals surface area contributed by atoms with Crippen LogP contribution in [0, 0.1) is 11.3 Å². The first-order valence-electron chi connectivity index (χ1n) is 7.19. The summed E-state index contributed by atoms with van der Waals surface area (Å²) in [6, 6.07) is 12.2. The zero-order valence-electron chi connectivity index (χ0n) is 13.0. The van der Waals surface area contributed by atoms with Crippen molar-refractivity contribution >= 4 is 17.6 Å². The number of aliphatic hydroxyl groups excluding tert-OH is 1. The fraction of sp³-hybridized carbons (Fsp3) is 0.167. The van der Waals surface area contributed by atoms with Crippen LogP contribution in [0.3, 0.4) is 0 Å². The van der Waals surface area contributed by atoms with Crippen LogP contribution >= 0.6 is 11.6 Å². The van der Waals surface area contributed by atoms with Crippen molar-refractivity contribution in [3.63, 3.8) is 0 Å². The Kier molecular flexibility index (Phi) is 5.69. The van der Waals surface area contributed by atoms with E-state index in [2.05, 4.69) is 11.6 Å². The number of carbonyl (C=O) groups is 1. The highest BCUT2D eigenvalue weighted by atomic mass is 35.5. The summed E-state index contributed by atoms with van der Waals surface area (Å²) < 4.78 is 5.06. The quantitative estimate of drug-likeness (QED) is 0.509. The molecule has 5 nitrogen and oxygen atoms in total. The molecule has 0 amide bonds. The number of benzene rings is 1. The molecule has 122 valence electrons. The molecule has 2 rings (SSSR count). The van der Waals surface area contributed by atoms with E-state index >= 15 is 0 Å². The Morgan fingerprint density at radius 3 is 2.71 bits per heavy atom. The lowest BCUT2D eigenvalue weighted by Gasteiger charge is -2.15. The highest BCUT2D eigenvalue weighted by Crippen LogP contribution is 2.32. The molecular formula is C18H15ClN2O3. The van der Waals surface area contributed by atoms with Crippen molar-refractivity contribution < 1.29 is 14.6 Å². The second-order valence-corrected chi connectivity index (χ2v) is 5.25. The first-order chi connectivity index (χ1) is 11.5. The van der Waals surface area contributed by atoms with Crippen LogP contribution in [-0.2, 0) is 4.74 Å². The van der Waals surface area contributed by atoms with Crippen molar-refractivity contribution in [3.8, 4) is 17.3 Å². The van der Waals surface area contributed by atoms with Crippen molar-refractivity contribution in [1.29, 1.82) is 5.26 Å². The van der Waals surface area contributed by atoms with E-state index in [4.69, 9.17) is 21.6 Å². The molecule has 1 aromatic carbocycles. The summed E-state index contributed by atoms with van der Waals surface area (Å²) in [5.41, 5.74) is 1.22. The second kappa shape index (κ2) is 7.73. The molecule has 0 saturated heterocycles. The normalized spacial score (nSPS) is 11.4. The van der Waals surface area contributed by atoms with Crippen LogP contribution in [0.4, 0.5) is 0 Å². The van der Waals surface area contributed by atoms with Gasteiger partial charge in [-0.3, -0.25) is 0 Å². The molecule has 0 bridgehead atoms. The first-order valence-corrected chi connectivity index (χ1v) is 7.57. The maximum absolute atomic E-state index is 12.3. The molecule has 2 aromatic rings. The molecule has 0 aliphatic heterocycles. The number of ether oxygens (including phenoxy) is 1. The van der Waals surface area contributed by atoms with Gasteiger partial charge in [-0.2, -0.15) is 5.26 Å². The minimum atomic E-state index is -1.34. The molecule has 1 unspecified atom stereocenters. The molecule has 1 N–H and O–H groups in total. The molecule has 0 aliphatic rings. The minimum absolute atomic E-state index is 0.00852. The molecule has 24 heavy (non-hydrogen) atoms. The number of pyridine rings is 1. The summed E-state index contributed by atoms with van der Waals surface area (Å²) in [6.45, 7) is 5.35. The van der Waals surface area contributed by atoms with Crippen LogP contribution in [0.25, 0.3) is 11.3 Å². The number of nitrogens with zero attached hydrogens (tertiary/aromatic N) is 2. The number of nitriles is 1. The van der Waals surface area contributed by atoms with E-state index < -0.39 is 12.1 Å². The monoisotopic (exact) mass is 342 g/mol. The Morgan fingerprint density at radius 1 is 1.46 bits per heavy atom. The molecule has 0 fully saturated rings. The fourth-order valence-corrected chi connectivity index (χ4v) is 2.37. The Morgan fingerprint density at radius 2 is 2.12 bits per heavy atom. The number of rotatable bonds is 5. The topological polar surface area (TPSA) is 83.2 Å². The van der Waals surface area contributed by atoms with Crippen molar-refractivity contribution in [2.45, 2.75) is 13.0 Å². The Bertz CT molecular complexity index is 813. The molecule has 6 heteroatoms. The highest BCUT2D eigenvalue weighted by molar-refractivity contribution is 6.30. The first kappa shape index (κ1) is 17.7. The zero-order chi connectivity index (χ0) is 17.7. The lowest BCUT2D eigenvalue weighted by molar-refractivity contribution is 0.0526. The molecular weight excluding hydrogens is 328 g/mol. The van der Waals surface area contributed by atoms with Crippen molar-refractivity contribution in [1.82, 2.24) is 4.98 Å². The van der Waals surface area contributed by atoms with Gasteiger partial charge in [0.1, 0.15) is 11.3 Å². The second-order valence-electron chi connectivity index (χ2n) is 4.89. The van der Waals surface area contributed by atoms with E-state index in [0.29, 0.717) is 11.3 Å².